The van der Waals surface area contributed by atoms with Crippen molar-refractivity contribution in [3.8, 4) is 0 Å². The molecule has 0 aromatic heterocycles. The molecule has 3 saturated heterocycles. The van der Waals surface area contributed by atoms with Crippen LogP contribution in [-0.4, -0.2) is 84.6 Å². The molecule has 0 radical (unpaired) electrons. The Hall–Kier alpha value is -1.52. The minimum absolute atomic E-state index is 0.0174. The predicted molar refractivity (Wildman–Crippen MR) is 111 cm³/mol. The monoisotopic (exact) mass is 461 g/mol. The van der Waals surface area contributed by atoms with E-state index < -0.39 is 22.9 Å². The van der Waals surface area contributed by atoms with Gasteiger partial charge in [-0.2, -0.15) is 0 Å². The first-order chi connectivity index (χ1) is 15.8. The molecule has 9 nitrogen and oxygen atoms in total. The van der Waals surface area contributed by atoms with Gasteiger partial charge >= 0.3 is 11.9 Å². The Morgan fingerprint density at radius 2 is 2.09 bits per heavy atom. The molecule has 2 saturated carbocycles. The Morgan fingerprint density at radius 3 is 2.85 bits per heavy atom. The highest BCUT2D eigenvalue weighted by Gasteiger charge is 3.01. The molecular weight excluding hydrogens is 430 g/mol. The van der Waals surface area contributed by atoms with Crippen molar-refractivity contribution in [2.45, 2.75) is 81.3 Å². The number of rotatable bonds is 6. The molecule has 0 amide bonds. The molecule has 0 aromatic carbocycles. The summed E-state index contributed by atoms with van der Waals surface area (Å²) < 4.78 is 31.2. The number of cyclic esters (lactones) is 1. The van der Waals surface area contributed by atoms with E-state index in [4.69, 9.17) is 28.8 Å². The largest absolute Gasteiger partial charge is 0.458 e. The van der Waals surface area contributed by atoms with Gasteiger partial charge in [-0.3, -0.25) is 4.79 Å². The molecule has 2 N–H and O–H groups in total. The molecule has 7 rings (SSSR count). The third-order valence-electron chi connectivity index (χ3n) is 9.87. The summed E-state index contributed by atoms with van der Waals surface area (Å²) in [6, 6.07) is 0. The Kier molecular flexibility index (Phi) is 3.90. The Morgan fingerprint density at radius 1 is 1.27 bits per heavy atom. The number of ether oxygens (including phenoxy) is 5. The average Bonchev–Trinajstić information content (AvgIpc) is 3.67. The van der Waals surface area contributed by atoms with E-state index in [1.807, 2.05) is 0 Å². The van der Waals surface area contributed by atoms with Crippen LogP contribution in [0.5, 0.6) is 0 Å². The molecule has 9 heteroatoms. The molecule has 4 heterocycles. The van der Waals surface area contributed by atoms with Crippen LogP contribution in [0.25, 0.3) is 0 Å². The zero-order chi connectivity index (χ0) is 23.0. The minimum Gasteiger partial charge on any atom is -0.458 e. The highest BCUT2D eigenvalue weighted by atomic mass is 16.8. The summed E-state index contributed by atoms with van der Waals surface area (Å²) in [5.41, 5.74) is -0.241. The number of carbonyl (C=O) groups excluding carboxylic acids is 2. The number of fused-ring (bicyclic) bond motifs is 4. The van der Waals surface area contributed by atoms with E-state index in [9.17, 15) is 9.59 Å². The summed E-state index contributed by atoms with van der Waals surface area (Å²) in [7, 11) is 0. The van der Waals surface area contributed by atoms with Crippen molar-refractivity contribution in [2.75, 3.05) is 26.3 Å². The summed E-state index contributed by atoms with van der Waals surface area (Å²) in [6.07, 6.45) is 1.34. The van der Waals surface area contributed by atoms with Crippen molar-refractivity contribution in [2.24, 2.45) is 17.3 Å². The normalized spacial score (nSPS) is 52.0. The van der Waals surface area contributed by atoms with Crippen LogP contribution in [0.4, 0.5) is 0 Å². The van der Waals surface area contributed by atoms with Crippen molar-refractivity contribution < 1.29 is 38.4 Å². The number of hydrogen-bond acceptors (Lipinski definition) is 9. The standard InChI is InChI=1S/C24H31NO8/c1-11(2)22-17(32-22)18-24(33-18)21(3)5-4-12-13(10-29-19(12)28)14(21)8-15-23(24,31-15)20(22)30-16(27)9-25-6-7-26/h11,14-15,17-18,20,25-26H,4-10H2,1-3H3/t14-,15-,17-,18-,20?,21-,22-,23+,24+/m0/s1. The van der Waals surface area contributed by atoms with Crippen LogP contribution in [0.3, 0.4) is 0 Å². The van der Waals surface area contributed by atoms with Gasteiger partial charge in [0, 0.05) is 17.5 Å². The molecule has 4 aliphatic heterocycles. The fraction of sp³-hybridized carbons (Fsp3) is 0.833. The number of aliphatic hydroxyl groups excluding tert-OH is 1. The third-order valence-corrected chi connectivity index (χ3v) is 9.87. The fourth-order valence-electron chi connectivity index (χ4n) is 8.28. The van der Waals surface area contributed by atoms with Crippen molar-refractivity contribution >= 4 is 11.9 Å². The number of carbonyl (C=O) groups is 2. The quantitative estimate of drug-likeness (QED) is 0.325. The highest BCUT2D eigenvalue weighted by molar-refractivity contribution is 5.92. The van der Waals surface area contributed by atoms with Gasteiger partial charge in [0.25, 0.3) is 0 Å². The molecule has 9 atom stereocenters. The van der Waals surface area contributed by atoms with E-state index in [0.717, 1.165) is 24.0 Å². The fourth-order valence-corrected chi connectivity index (χ4v) is 8.28. The van der Waals surface area contributed by atoms with E-state index in [1.165, 1.54) is 0 Å². The zero-order valence-electron chi connectivity index (χ0n) is 19.2. The Labute approximate surface area is 192 Å². The van der Waals surface area contributed by atoms with Gasteiger partial charge < -0.3 is 34.1 Å². The number of hydrogen-bond donors (Lipinski definition) is 2. The highest BCUT2D eigenvalue weighted by Crippen LogP contribution is 2.83. The molecule has 5 fully saturated rings. The van der Waals surface area contributed by atoms with Crippen LogP contribution in [0.2, 0.25) is 0 Å². The topological polar surface area (TPSA) is 122 Å². The molecule has 0 aromatic rings. The predicted octanol–water partition coefficient (Wildman–Crippen LogP) is 0.236. The first kappa shape index (κ1) is 20.8. The van der Waals surface area contributed by atoms with Gasteiger partial charge in [-0.05, 0) is 36.7 Å². The van der Waals surface area contributed by atoms with Crippen LogP contribution in [0, 0.1) is 17.3 Å². The van der Waals surface area contributed by atoms with Gasteiger partial charge in [-0.15, -0.1) is 0 Å². The Balaban J connectivity index is 1.28. The van der Waals surface area contributed by atoms with Crippen molar-refractivity contribution in [3.05, 3.63) is 11.1 Å². The van der Waals surface area contributed by atoms with Gasteiger partial charge in [0.1, 0.15) is 30.0 Å². The average molecular weight is 462 g/mol. The van der Waals surface area contributed by atoms with E-state index in [0.29, 0.717) is 19.6 Å². The second-order valence-corrected chi connectivity index (χ2v) is 11.3. The van der Waals surface area contributed by atoms with Crippen molar-refractivity contribution in [3.63, 3.8) is 0 Å². The maximum Gasteiger partial charge on any atom is 0.334 e. The van der Waals surface area contributed by atoms with Crippen LogP contribution in [-0.2, 0) is 33.3 Å². The van der Waals surface area contributed by atoms with Crippen LogP contribution < -0.4 is 5.32 Å². The minimum atomic E-state index is -0.728. The van der Waals surface area contributed by atoms with Crippen LogP contribution >= 0.6 is 0 Å². The summed E-state index contributed by atoms with van der Waals surface area (Å²) in [6.45, 7) is 7.11. The van der Waals surface area contributed by atoms with E-state index >= 15 is 0 Å². The van der Waals surface area contributed by atoms with Crippen LogP contribution in [0.15, 0.2) is 11.1 Å². The molecule has 2 spiro atoms. The number of epoxide rings is 3. The summed E-state index contributed by atoms with van der Waals surface area (Å²) in [4.78, 5) is 25.1. The van der Waals surface area contributed by atoms with Gasteiger partial charge in [0.05, 0.1) is 19.3 Å². The molecule has 180 valence electrons. The zero-order valence-corrected chi connectivity index (χ0v) is 19.2. The van der Waals surface area contributed by atoms with E-state index in [1.54, 1.807) is 0 Å². The first-order valence-electron chi connectivity index (χ1n) is 12.2. The van der Waals surface area contributed by atoms with Gasteiger partial charge in [0.15, 0.2) is 11.7 Å². The smallest absolute Gasteiger partial charge is 0.334 e. The summed E-state index contributed by atoms with van der Waals surface area (Å²) in [5, 5.41) is 11.9. The maximum atomic E-state index is 12.8. The molecule has 33 heavy (non-hydrogen) atoms. The number of aliphatic hydroxyl groups is 1. The second-order valence-electron chi connectivity index (χ2n) is 11.3. The molecular formula is C24H31NO8. The summed E-state index contributed by atoms with van der Waals surface area (Å²) in [5.74, 6) is -0.289. The lowest BCUT2D eigenvalue weighted by Crippen LogP contribution is -2.70. The molecule has 1 unspecified atom stereocenters. The van der Waals surface area contributed by atoms with Gasteiger partial charge in [0.2, 0.25) is 0 Å². The second kappa shape index (κ2) is 6.18. The lowest BCUT2D eigenvalue weighted by atomic mass is 9.46. The lowest BCUT2D eigenvalue weighted by Gasteiger charge is -2.53. The van der Waals surface area contributed by atoms with E-state index in [-0.39, 0.29) is 60.7 Å². The van der Waals surface area contributed by atoms with Gasteiger partial charge in [-0.25, -0.2) is 4.79 Å². The number of nitrogens with one attached hydrogen (secondary N) is 1. The molecule has 3 aliphatic carbocycles. The van der Waals surface area contributed by atoms with Crippen molar-refractivity contribution in [1.82, 2.24) is 5.32 Å². The maximum absolute atomic E-state index is 12.8. The number of esters is 2. The van der Waals surface area contributed by atoms with Crippen molar-refractivity contribution in [1.29, 1.82) is 0 Å². The first-order valence-corrected chi connectivity index (χ1v) is 12.2. The lowest BCUT2D eigenvalue weighted by molar-refractivity contribution is -0.168. The van der Waals surface area contributed by atoms with Crippen LogP contribution in [0.1, 0.15) is 40.0 Å². The Bertz CT molecular complexity index is 995. The molecule has 0 bridgehead atoms. The SMILES string of the molecule is CC(C)[C@]12O[C@H]1[C@@H]1O[C@@]13[C@@]1(C)CCC4=C(COC4=O)[C@@H]1C[C@@H]1O[C@@]13C2OC(=O)CNCCO. The van der Waals surface area contributed by atoms with Gasteiger partial charge in [-0.1, -0.05) is 20.8 Å². The van der Waals surface area contributed by atoms with E-state index in [2.05, 4.69) is 26.1 Å². The third kappa shape index (κ3) is 2.14. The summed E-state index contributed by atoms with van der Waals surface area (Å²) >= 11 is 0. The molecule has 7 aliphatic rings.